The summed E-state index contributed by atoms with van der Waals surface area (Å²) in [5.74, 6) is 2.31. The van der Waals surface area contributed by atoms with E-state index in [0.29, 0.717) is 58.9 Å². The Labute approximate surface area is 271 Å². The lowest BCUT2D eigenvalue weighted by Gasteiger charge is -2.34. The van der Waals surface area contributed by atoms with Gasteiger partial charge in [-0.2, -0.15) is 9.97 Å². The van der Waals surface area contributed by atoms with Crippen LogP contribution in [0.15, 0.2) is 36.4 Å². The van der Waals surface area contributed by atoms with Gasteiger partial charge in [-0.25, -0.2) is 8.78 Å². The molecule has 4 atom stereocenters. The van der Waals surface area contributed by atoms with Crippen molar-refractivity contribution in [1.29, 1.82) is 0 Å². The highest BCUT2D eigenvalue weighted by Crippen LogP contribution is 2.49. The number of carbonyl (C=O) groups excluding carboxylic acids is 1. The summed E-state index contributed by atoms with van der Waals surface area (Å²) in [5, 5.41) is 15.6. The normalized spacial score (nSPS) is 26.0. The number of piperidine rings is 1. The number of aromatic hydroxyl groups is 1. The van der Waals surface area contributed by atoms with Gasteiger partial charge < -0.3 is 20.1 Å². The highest BCUT2D eigenvalue weighted by atomic mass is 19.1. The summed E-state index contributed by atoms with van der Waals surface area (Å²) in [6.07, 6.45) is 11.5. The minimum absolute atomic E-state index is 0.00556. The van der Waals surface area contributed by atoms with Crippen LogP contribution in [-0.4, -0.2) is 76.7 Å². The minimum atomic E-state index is -0.618. The summed E-state index contributed by atoms with van der Waals surface area (Å²) in [7, 11) is 0. The molecule has 4 bridgehead atoms. The number of terminal acetylenes is 1. The van der Waals surface area contributed by atoms with Gasteiger partial charge >= 0.3 is 6.01 Å². The molecule has 0 spiro atoms. The van der Waals surface area contributed by atoms with E-state index in [2.05, 4.69) is 26.0 Å². The molecule has 5 fully saturated rings. The molecule has 47 heavy (non-hydrogen) atoms. The van der Waals surface area contributed by atoms with Crippen LogP contribution >= 0.6 is 0 Å². The van der Waals surface area contributed by atoms with Gasteiger partial charge in [0.2, 0.25) is 0 Å². The third-order valence-corrected chi connectivity index (χ3v) is 11.2. The molecule has 5 aliphatic rings. The number of phenolic OH excluding ortho intramolecular Hbond substituents is 1. The van der Waals surface area contributed by atoms with Crippen molar-refractivity contribution in [2.45, 2.75) is 56.7 Å². The summed E-state index contributed by atoms with van der Waals surface area (Å²) in [5.41, 5.74) is 0.505. The van der Waals surface area contributed by atoms with E-state index >= 15 is 4.39 Å². The molecule has 4 aromatic rings. The van der Waals surface area contributed by atoms with Gasteiger partial charge in [-0.05, 0) is 67.3 Å². The van der Waals surface area contributed by atoms with Gasteiger partial charge in [0.05, 0.1) is 12.2 Å². The van der Waals surface area contributed by atoms with Crippen LogP contribution < -0.4 is 15.0 Å². The Morgan fingerprint density at radius 1 is 1.06 bits per heavy atom. The Bertz CT molecular complexity index is 2010. The molecule has 240 valence electrons. The molecule has 0 amide bonds. The number of carbonyl (C=O) groups is 1. The molecular formula is C37H35F2N5O3. The van der Waals surface area contributed by atoms with Gasteiger partial charge in [0.25, 0.3) is 0 Å². The number of fused-ring (bicyclic) bond motifs is 6. The molecule has 1 aromatic heterocycles. The van der Waals surface area contributed by atoms with Crippen LogP contribution in [0.4, 0.5) is 14.6 Å². The highest BCUT2D eigenvalue weighted by Gasteiger charge is 2.51. The molecular weight excluding hydrogens is 600 g/mol. The van der Waals surface area contributed by atoms with Crippen molar-refractivity contribution in [3.8, 4) is 35.2 Å². The standard InChI is InChI=1S/C37H35F2N5O3/c1-2-26-30(38)8-3-20-12-25(45)14-29(32(20)26)27-6-7-28-34(33(27)39)41-36(42-35(28)43-16-22-4-5-23(17-43)40-22)47-19-37(9-10-37)18-44-15-21-11-24(44)13-31(21)46/h1,3,6-8,12,14,21-24,40,45H,4-5,9-11,13,15-19H2. The fourth-order valence-electron chi connectivity index (χ4n) is 8.58. The van der Waals surface area contributed by atoms with Crippen LogP contribution in [0.3, 0.4) is 0 Å². The van der Waals surface area contributed by atoms with Crippen molar-refractivity contribution in [1.82, 2.24) is 20.2 Å². The number of ketones is 1. The zero-order valence-electron chi connectivity index (χ0n) is 25.9. The van der Waals surface area contributed by atoms with E-state index in [1.165, 1.54) is 24.3 Å². The maximum atomic E-state index is 16.9. The lowest BCUT2D eigenvalue weighted by Crippen LogP contribution is -2.51. The first kappa shape index (κ1) is 28.9. The maximum absolute atomic E-state index is 16.9. The van der Waals surface area contributed by atoms with Crippen molar-refractivity contribution < 1.29 is 23.4 Å². The van der Waals surface area contributed by atoms with E-state index in [1.807, 2.05) is 0 Å². The van der Waals surface area contributed by atoms with Crippen LogP contribution in [-0.2, 0) is 4.79 Å². The Morgan fingerprint density at radius 3 is 2.57 bits per heavy atom. The number of piperazine rings is 1. The highest BCUT2D eigenvalue weighted by molar-refractivity contribution is 6.04. The summed E-state index contributed by atoms with van der Waals surface area (Å²) in [6, 6.07) is 10.2. The van der Waals surface area contributed by atoms with E-state index in [0.717, 1.165) is 58.3 Å². The number of nitrogens with one attached hydrogen (secondary N) is 1. The number of Topliss-reactive ketones (excluding diaryl/α,β-unsaturated/α-hetero) is 1. The molecule has 8 nitrogen and oxygen atoms in total. The number of likely N-dealkylation sites (tertiary alicyclic amines) is 1. The van der Waals surface area contributed by atoms with Gasteiger partial charge in [-0.15, -0.1) is 6.42 Å². The lowest BCUT2D eigenvalue weighted by molar-refractivity contribution is -0.122. The average molecular weight is 636 g/mol. The van der Waals surface area contributed by atoms with E-state index in [-0.39, 0.29) is 45.3 Å². The Hall–Kier alpha value is -4.33. The molecule has 9 rings (SSSR count). The number of nitrogens with zero attached hydrogens (tertiary/aromatic N) is 4. The van der Waals surface area contributed by atoms with Crippen molar-refractivity contribution in [2.75, 3.05) is 37.7 Å². The van der Waals surface area contributed by atoms with E-state index < -0.39 is 11.6 Å². The van der Waals surface area contributed by atoms with Crippen LogP contribution in [0, 0.1) is 35.3 Å². The van der Waals surface area contributed by atoms with Crippen LogP contribution in [0.1, 0.15) is 44.1 Å². The van der Waals surface area contributed by atoms with Crippen molar-refractivity contribution in [3.63, 3.8) is 0 Å². The maximum Gasteiger partial charge on any atom is 0.319 e. The van der Waals surface area contributed by atoms with Crippen LogP contribution in [0.25, 0.3) is 32.8 Å². The summed E-state index contributed by atoms with van der Waals surface area (Å²) >= 11 is 0. The van der Waals surface area contributed by atoms with Crippen molar-refractivity contribution >= 4 is 33.3 Å². The molecule has 3 aromatic carbocycles. The molecule has 3 aliphatic heterocycles. The fraction of sp³-hybridized carbons (Fsp3) is 0.432. The van der Waals surface area contributed by atoms with E-state index in [9.17, 15) is 14.3 Å². The Balaban J connectivity index is 1.11. The first-order valence-electron chi connectivity index (χ1n) is 16.6. The number of hydrogen-bond acceptors (Lipinski definition) is 8. The third kappa shape index (κ3) is 4.82. The quantitative estimate of drug-likeness (QED) is 0.269. The number of anilines is 1. The second kappa shape index (κ2) is 10.6. The fourth-order valence-corrected chi connectivity index (χ4v) is 8.58. The largest absolute Gasteiger partial charge is 0.508 e. The Morgan fingerprint density at radius 2 is 1.87 bits per heavy atom. The van der Waals surface area contributed by atoms with Crippen molar-refractivity contribution in [3.05, 3.63) is 53.6 Å². The number of benzene rings is 3. The second-order valence-corrected chi connectivity index (χ2v) is 14.3. The Kier molecular flexibility index (Phi) is 6.50. The third-order valence-electron chi connectivity index (χ3n) is 11.2. The number of phenols is 1. The SMILES string of the molecule is C#Cc1c(F)ccc2cc(O)cc(-c3ccc4c(N5CC6CCC(C5)N6)nc(OCC5(CN6CC7CC6CC7=O)CC5)nc4c3F)c12. The predicted octanol–water partition coefficient (Wildman–Crippen LogP) is 5.18. The smallest absolute Gasteiger partial charge is 0.319 e. The topological polar surface area (TPSA) is 90.8 Å². The van der Waals surface area contributed by atoms with Gasteiger partial charge in [0, 0.05) is 78.4 Å². The van der Waals surface area contributed by atoms with Crippen LogP contribution in [0.5, 0.6) is 11.8 Å². The second-order valence-electron chi connectivity index (χ2n) is 14.3. The number of rotatable bonds is 7. The van der Waals surface area contributed by atoms with E-state index in [4.69, 9.17) is 16.1 Å². The average Bonchev–Trinajstić information content (AvgIpc) is 3.38. The number of ether oxygens (including phenoxy) is 1. The summed E-state index contributed by atoms with van der Waals surface area (Å²) in [6.45, 7) is 3.60. The van der Waals surface area contributed by atoms with Gasteiger partial charge in [0.1, 0.15) is 28.7 Å². The molecule has 10 heteroatoms. The molecule has 4 heterocycles. The predicted molar refractivity (Wildman–Crippen MR) is 174 cm³/mol. The monoisotopic (exact) mass is 635 g/mol. The number of aromatic nitrogens is 2. The number of hydrogen-bond donors (Lipinski definition) is 2. The van der Waals surface area contributed by atoms with Gasteiger partial charge in [-0.1, -0.05) is 18.1 Å². The van der Waals surface area contributed by atoms with Crippen LogP contribution in [0.2, 0.25) is 0 Å². The first-order chi connectivity index (χ1) is 22.8. The molecule has 2 aliphatic carbocycles. The molecule has 0 radical (unpaired) electrons. The summed E-state index contributed by atoms with van der Waals surface area (Å²) in [4.78, 5) is 26.3. The zero-order valence-corrected chi connectivity index (χ0v) is 25.9. The summed E-state index contributed by atoms with van der Waals surface area (Å²) < 4.78 is 38.1. The minimum Gasteiger partial charge on any atom is -0.508 e. The molecule has 4 unspecified atom stereocenters. The van der Waals surface area contributed by atoms with Gasteiger partial charge in [-0.3, -0.25) is 9.69 Å². The molecule has 2 N–H and O–H groups in total. The zero-order chi connectivity index (χ0) is 32.0. The molecule has 3 saturated heterocycles. The lowest BCUT2D eigenvalue weighted by atomic mass is 9.93. The first-order valence-corrected chi connectivity index (χ1v) is 16.6. The number of halogens is 2. The van der Waals surface area contributed by atoms with Crippen molar-refractivity contribution in [2.24, 2.45) is 11.3 Å². The molecule has 2 saturated carbocycles. The van der Waals surface area contributed by atoms with E-state index in [1.54, 1.807) is 12.1 Å². The van der Waals surface area contributed by atoms with Gasteiger partial charge in [0.15, 0.2) is 5.82 Å².